The van der Waals surface area contributed by atoms with E-state index in [9.17, 15) is 0 Å². The summed E-state index contributed by atoms with van der Waals surface area (Å²) in [5.74, 6) is 0. The van der Waals surface area contributed by atoms with E-state index < -0.39 is 0 Å². The summed E-state index contributed by atoms with van der Waals surface area (Å²) in [4.78, 5) is 10.6. The second-order valence-corrected chi connectivity index (χ2v) is 13.0. The van der Waals surface area contributed by atoms with Gasteiger partial charge in [-0.1, -0.05) is 109 Å². The molecule has 12 rings (SSSR count). The van der Waals surface area contributed by atoms with Crippen LogP contribution in [0, 0.1) is 0 Å². The molecule has 4 heteroatoms. The second-order valence-electron chi connectivity index (χ2n) is 13.0. The molecule has 0 bridgehead atoms. The Bertz CT molecular complexity index is 3250. The summed E-state index contributed by atoms with van der Waals surface area (Å²) >= 11 is 0. The van der Waals surface area contributed by atoms with Crippen LogP contribution in [0.4, 0.5) is 0 Å². The number of nitrogens with zero attached hydrogens (tertiary/aromatic N) is 4. The van der Waals surface area contributed by atoms with E-state index in [0.717, 1.165) is 33.3 Å². The smallest absolute Gasteiger partial charge is 0.165 e. The summed E-state index contributed by atoms with van der Waals surface area (Å²) in [6.07, 6.45) is 0. The summed E-state index contributed by atoms with van der Waals surface area (Å²) in [7, 11) is 0. The maximum Gasteiger partial charge on any atom is 0.165 e. The molecule has 4 heterocycles. The van der Waals surface area contributed by atoms with E-state index >= 15 is 0 Å². The van der Waals surface area contributed by atoms with Crippen molar-refractivity contribution in [2.45, 2.75) is 0 Å². The Labute approximate surface area is 273 Å². The van der Waals surface area contributed by atoms with E-state index in [4.69, 9.17) is 9.97 Å². The molecule has 0 aliphatic rings. The van der Waals surface area contributed by atoms with Gasteiger partial charge in [-0.3, -0.25) is 4.40 Å². The molecule has 48 heavy (non-hydrogen) atoms. The molecule has 0 aliphatic heterocycles. The first-order valence-electron chi connectivity index (χ1n) is 16.4. The van der Waals surface area contributed by atoms with E-state index in [1.807, 2.05) is 12.1 Å². The molecule has 0 radical (unpaired) electrons. The molecule has 0 saturated heterocycles. The molecular formula is C44H24N4. The van der Waals surface area contributed by atoms with Crippen LogP contribution in [0.2, 0.25) is 0 Å². The number of aromatic nitrogens is 4. The van der Waals surface area contributed by atoms with Crippen LogP contribution in [-0.4, -0.2) is 18.9 Å². The van der Waals surface area contributed by atoms with Crippen molar-refractivity contribution in [3.63, 3.8) is 0 Å². The van der Waals surface area contributed by atoms with E-state index in [2.05, 4.69) is 142 Å². The second kappa shape index (κ2) is 8.64. The predicted molar refractivity (Wildman–Crippen MR) is 201 cm³/mol. The number of hydrogen-bond donors (Lipinski definition) is 0. The van der Waals surface area contributed by atoms with Gasteiger partial charge in [0.15, 0.2) is 5.65 Å². The lowest BCUT2D eigenvalue weighted by Gasteiger charge is -2.10. The molecule has 0 N–H and O–H groups in total. The molecule has 0 unspecified atom stereocenters. The quantitative estimate of drug-likeness (QED) is 0.186. The molecule has 220 valence electrons. The fraction of sp³-hybridized carbons (Fsp3) is 0. The summed E-state index contributed by atoms with van der Waals surface area (Å²) < 4.78 is 4.84. The number of hydrogen-bond acceptors (Lipinski definition) is 2. The van der Waals surface area contributed by atoms with Gasteiger partial charge in [0, 0.05) is 38.0 Å². The molecule has 0 fully saturated rings. The largest absolute Gasteiger partial charge is 0.309 e. The standard InChI is InChI=1S/C44H24N4/c1-4-12-29-25(9-1)18-21-37-39(29)40-30-13-5-2-10-26(30)19-22-38(40)47(37)28-23-33-32-20-17-27-11-3-6-14-31(27)42(32)48-43(33)34(24-28)41-44(48)46-36-16-8-7-15-35(36)45-41/h1-24H. The Morgan fingerprint density at radius 2 is 0.917 bits per heavy atom. The predicted octanol–water partition coefficient (Wildman–Crippen LogP) is 11.3. The molecule has 0 spiro atoms. The van der Waals surface area contributed by atoms with Gasteiger partial charge < -0.3 is 4.57 Å². The van der Waals surface area contributed by atoms with Crippen molar-refractivity contribution in [2.75, 3.05) is 0 Å². The normalized spacial score (nSPS) is 12.6. The van der Waals surface area contributed by atoms with Crippen LogP contribution < -0.4 is 0 Å². The lowest BCUT2D eigenvalue weighted by molar-refractivity contribution is 1.19. The van der Waals surface area contributed by atoms with Crippen LogP contribution in [-0.2, 0) is 0 Å². The summed E-state index contributed by atoms with van der Waals surface area (Å²) in [5.41, 5.74) is 9.52. The molecule has 12 aromatic rings. The van der Waals surface area contributed by atoms with E-state index in [-0.39, 0.29) is 0 Å². The van der Waals surface area contributed by atoms with Crippen LogP contribution in [0.3, 0.4) is 0 Å². The molecule has 4 nitrogen and oxygen atoms in total. The van der Waals surface area contributed by atoms with Crippen LogP contribution in [0.25, 0.3) is 109 Å². The lowest BCUT2D eigenvalue weighted by atomic mass is 10.00. The highest BCUT2D eigenvalue weighted by Crippen LogP contribution is 2.45. The van der Waals surface area contributed by atoms with Crippen molar-refractivity contribution < 1.29 is 0 Å². The zero-order chi connectivity index (χ0) is 31.1. The maximum atomic E-state index is 5.29. The first kappa shape index (κ1) is 24.7. The highest BCUT2D eigenvalue weighted by molar-refractivity contribution is 6.30. The average molecular weight is 609 g/mol. The monoisotopic (exact) mass is 608 g/mol. The molecule has 0 aliphatic carbocycles. The molecule has 0 amide bonds. The Morgan fingerprint density at radius 1 is 0.396 bits per heavy atom. The van der Waals surface area contributed by atoms with Crippen LogP contribution in [0.15, 0.2) is 146 Å². The maximum absolute atomic E-state index is 5.29. The van der Waals surface area contributed by atoms with Gasteiger partial charge in [-0.15, -0.1) is 0 Å². The Morgan fingerprint density at radius 3 is 1.60 bits per heavy atom. The molecule has 8 aromatic carbocycles. The van der Waals surface area contributed by atoms with Crippen molar-refractivity contribution in [2.24, 2.45) is 0 Å². The third-order valence-corrected chi connectivity index (χ3v) is 10.6. The van der Waals surface area contributed by atoms with Crippen LogP contribution >= 0.6 is 0 Å². The number of rotatable bonds is 1. The first-order chi connectivity index (χ1) is 23.8. The average Bonchev–Trinajstić information content (AvgIpc) is 3.78. The van der Waals surface area contributed by atoms with Gasteiger partial charge in [0.05, 0.1) is 33.1 Å². The third-order valence-electron chi connectivity index (χ3n) is 10.6. The summed E-state index contributed by atoms with van der Waals surface area (Å²) in [6.45, 7) is 0. The van der Waals surface area contributed by atoms with E-state index in [1.165, 1.54) is 75.9 Å². The lowest BCUT2D eigenvalue weighted by Crippen LogP contribution is -1.94. The van der Waals surface area contributed by atoms with Gasteiger partial charge in [-0.2, -0.15) is 0 Å². The van der Waals surface area contributed by atoms with Gasteiger partial charge in [0.25, 0.3) is 0 Å². The minimum atomic E-state index is 0.899. The zero-order valence-electron chi connectivity index (χ0n) is 25.6. The van der Waals surface area contributed by atoms with Crippen molar-refractivity contribution in [3.8, 4) is 5.69 Å². The van der Waals surface area contributed by atoms with Crippen molar-refractivity contribution in [3.05, 3.63) is 146 Å². The SMILES string of the molecule is c1ccc2c(c1)ccc1c2c2c3ccccc3ccc2n1-c1cc2c3ccc4ccccc4c3n3c4nc5ccccc5nc4c(c1)c23. The van der Waals surface area contributed by atoms with Crippen molar-refractivity contribution in [1.82, 2.24) is 18.9 Å². The third kappa shape index (κ3) is 2.96. The van der Waals surface area contributed by atoms with Gasteiger partial charge in [-0.25, -0.2) is 9.97 Å². The van der Waals surface area contributed by atoms with Crippen molar-refractivity contribution >= 4 is 104 Å². The fourth-order valence-electron chi connectivity index (χ4n) is 8.57. The summed E-state index contributed by atoms with van der Waals surface area (Å²) in [6, 6.07) is 52.8. The minimum absolute atomic E-state index is 0.899. The van der Waals surface area contributed by atoms with Gasteiger partial charge in [-0.05, 0) is 63.3 Å². The number of fused-ring (bicyclic) bond motifs is 16. The highest BCUT2D eigenvalue weighted by Gasteiger charge is 2.24. The Hall–Kier alpha value is -6.52. The zero-order valence-corrected chi connectivity index (χ0v) is 25.6. The molecule has 0 saturated carbocycles. The van der Waals surface area contributed by atoms with Crippen LogP contribution in [0.5, 0.6) is 0 Å². The van der Waals surface area contributed by atoms with E-state index in [0.29, 0.717) is 0 Å². The highest BCUT2D eigenvalue weighted by atomic mass is 15.0. The summed E-state index contributed by atoms with van der Waals surface area (Å²) in [5, 5.41) is 13.6. The molecular weight excluding hydrogens is 585 g/mol. The minimum Gasteiger partial charge on any atom is -0.309 e. The van der Waals surface area contributed by atoms with Gasteiger partial charge >= 0.3 is 0 Å². The van der Waals surface area contributed by atoms with Crippen molar-refractivity contribution in [1.29, 1.82) is 0 Å². The van der Waals surface area contributed by atoms with Gasteiger partial charge in [0.2, 0.25) is 0 Å². The number of para-hydroxylation sites is 2. The molecule has 4 aromatic heterocycles. The Kier molecular flexibility index (Phi) is 4.44. The topological polar surface area (TPSA) is 35.1 Å². The van der Waals surface area contributed by atoms with Gasteiger partial charge in [0.1, 0.15) is 5.52 Å². The molecule has 0 atom stereocenters. The number of benzene rings is 8. The Balaban J connectivity index is 1.33. The first-order valence-corrected chi connectivity index (χ1v) is 16.4. The van der Waals surface area contributed by atoms with Crippen LogP contribution in [0.1, 0.15) is 0 Å². The van der Waals surface area contributed by atoms with E-state index in [1.54, 1.807) is 0 Å². The fourth-order valence-corrected chi connectivity index (χ4v) is 8.57.